The van der Waals surface area contributed by atoms with E-state index in [9.17, 15) is 9.59 Å². The molecule has 1 aliphatic carbocycles. The number of nitrogens with zero attached hydrogens (tertiary/aromatic N) is 2. The van der Waals surface area contributed by atoms with Gasteiger partial charge in [-0.3, -0.25) is 9.59 Å². The number of ether oxygens (including phenoxy) is 1. The Bertz CT molecular complexity index is 878. The standard InChI is InChI=1S/C20H23N5O3/c21-18(26)16-11-17(23-15-9-10-22-20(15)27)25-19(24-16)12-5-7-14(8-6-12)28-13-3-1-2-4-13/h5-8,11,13,15H,1-4,9-10H2,(H2,21,26)(H,22,27)(H,23,24,25)/t15-/m0/s1. The molecule has 2 amide bonds. The van der Waals surface area contributed by atoms with Crippen molar-refractivity contribution in [3.63, 3.8) is 0 Å². The minimum atomic E-state index is -0.649. The lowest BCUT2D eigenvalue weighted by molar-refractivity contribution is -0.119. The van der Waals surface area contributed by atoms with Crippen LogP contribution in [0.2, 0.25) is 0 Å². The number of hydrogen-bond acceptors (Lipinski definition) is 6. The Labute approximate surface area is 162 Å². The Hall–Kier alpha value is -3.16. The smallest absolute Gasteiger partial charge is 0.267 e. The molecule has 146 valence electrons. The van der Waals surface area contributed by atoms with E-state index in [1.165, 1.54) is 18.9 Å². The molecule has 1 aromatic heterocycles. The number of anilines is 1. The van der Waals surface area contributed by atoms with Gasteiger partial charge in [-0.1, -0.05) is 0 Å². The molecule has 1 aliphatic heterocycles. The summed E-state index contributed by atoms with van der Waals surface area (Å²) in [5.74, 6) is 0.831. The predicted molar refractivity (Wildman–Crippen MR) is 104 cm³/mol. The van der Waals surface area contributed by atoms with Crippen LogP contribution in [-0.2, 0) is 4.79 Å². The second kappa shape index (κ2) is 7.84. The molecule has 0 unspecified atom stereocenters. The highest BCUT2D eigenvalue weighted by molar-refractivity contribution is 5.92. The first kappa shape index (κ1) is 18.2. The maximum absolute atomic E-state index is 11.8. The van der Waals surface area contributed by atoms with Gasteiger partial charge in [0.05, 0.1) is 6.10 Å². The third kappa shape index (κ3) is 4.05. The monoisotopic (exact) mass is 381 g/mol. The zero-order chi connectivity index (χ0) is 19.5. The number of benzene rings is 1. The lowest BCUT2D eigenvalue weighted by atomic mass is 10.2. The summed E-state index contributed by atoms with van der Waals surface area (Å²) >= 11 is 0. The highest BCUT2D eigenvalue weighted by Gasteiger charge is 2.25. The first-order chi connectivity index (χ1) is 13.6. The van der Waals surface area contributed by atoms with Crippen LogP contribution >= 0.6 is 0 Å². The minimum absolute atomic E-state index is 0.0887. The molecule has 1 aromatic carbocycles. The topological polar surface area (TPSA) is 119 Å². The van der Waals surface area contributed by atoms with Gasteiger partial charge >= 0.3 is 0 Å². The third-order valence-electron chi connectivity index (χ3n) is 5.07. The highest BCUT2D eigenvalue weighted by Crippen LogP contribution is 2.26. The molecule has 4 N–H and O–H groups in total. The average molecular weight is 381 g/mol. The molecule has 2 heterocycles. The third-order valence-corrected chi connectivity index (χ3v) is 5.07. The number of aromatic nitrogens is 2. The van der Waals surface area contributed by atoms with Crippen molar-refractivity contribution in [2.75, 3.05) is 11.9 Å². The number of carbonyl (C=O) groups is 2. The molecule has 1 atom stereocenters. The van der Waals surface area contributed by atoms with Crippen molar-refractivity contribution in [3.8, 4) is 17.1 Å². The van der Waals surface area contributed by atoms with Crippen molar-refractivity contribution < 1.29 is 14.3 Å². The molecule has 0 bridgehead atoms. The zero-order valence-electron chi connectivity index (χ0n) is 15.5. The van der Waals surface area contributed by atoms with Gasteiger partial charge in [-0.05, 0) is 56.4 Å². The van der Waals surface area contributed by atoms with Crippen molar-refractivity contribution in [2.45, 2.75) is 44.2 Å². The SMILES string of the molecule is NC(=O)c1cc(N[C@H]2CCNC2=O)nc(-c2ccc(OC3CCCC3)cc2)n1. The fraction of sp³-hybridized carbons (Fsp3) is 0.400. The van der Waals surface area contributed by atoms with Crippen molar-refractivity contribution in [1.82, 2.24) is 15.3 Å². The molecule has 4 rings (SSSR count). The first-order valence-corrected chi connectivity index (χ1v) is 9.59. The Morgan fingerprint density at radius 2 is 1.89 bits per heavy atom. The number of nitrogens with two attached hydrogens (primary N) is 1. The van der Waals surface area contributed by atoms with Crippen LogP contribution in [-0.4, -0.2) is 40.5 Å². The van der Waals surface area contributed by atoms with Crippen LogP contribution in [0.25, 0.3) is 11.4 Å². The quantitative estimate of drug-likeness (QED) is 0.703. The summed E-state index contributed by atoms with van der Waals surface area (Å²) < 4.78 is 5.98. The Kier molecular flexibility index (Phi) is 5.10. The maximum Gasteiger partial charge on any atom is 0.267 e. The second-order valence-corrected chi connectivity index (χ2v) is 7.15. The second-order valence-electron chi connectivity index (χ2n) is 7.15. The van der Waals surface area contributed by atoms with Gasteiger partial charge in [0.15, 0.2) is 5.82 Å². The van der Waals surface area contributed by atoms with Crippen LogP contribution < -0.4 is 21.1 Å². The molecule has 2 fully saturated rings. The van der Waals surface area contributed by atoms with Crippen LogP contribution in [0, 0.1) is 0 Å². The molecule has 1 saturated carbocycles. The summed E-state index contributed by atoms with van der Waals surface area (Å²) in [7, 11) is 0. The highest BCUT2D eigenvalue weighted by atomic mass is 16.5. The number of carbonyl (C=O) groups excluding carboxylic acids is 2. The molecule has 2 aromatic rings. The van der Waals surface area contributed by atoms with Gasteiger partial charge in [0, 0.05) is 18.2 Å². The maximum atomic E-state index is 11.8. The summed E-state index contributed by atoms with van der Waals surface area (Å²) in [6, 6.07) is 8.56. The van der Waals surface area contributed by atoms with Gasteiger partial charge in [0.25, 0.3) is 5.91 Å². The Balaban J connectivity index is 1.56. The van der Waals surface area contributed by atoms with Crippen molar-refractivity contribution in [2.24, 2.45) is 5.73 Å². The molecular weight excluding hydrogens is 358 g/mol. The number of rotatable bonds is 6. The van der Waals surface area contributed by atoms with Gasteiger partial charge in [-0.2, -0.15) is 0 Å². The van der Waals surface area contributed by atoms with E-state index in [4.69, 9.17) is 10.5 Å². The number of nitrogens with one attached hydrogen (secondary N) is 2. The summed E-state index contributed by atoms with van der Waals surface area (Å²) in [5.41, 5.74) is 6.26. The first-order valence-electron chi connectivity index (χ1n) is 9.59. The molecule has 2 aliphatic rings. The summed E-state index contributed by atoms with van der Waals surface area (Å²) in [6.45, 7) is 0.611. The van der Waals surface area contributed by atoms with E-state index in [1.54, 1.807) is 0 Å². The normalized spacial score (nSPS) is 19.4. The lowest BCUT2D eigenvalue weighted by Crippen LogP contribution is -2.30. The fourth-order valence-corrected chi connectivity index (χ4v) is 3.57. The van der Waals surface area contributed by atoms with Gasteiger partial charge in [-0.15, -0.1) is 0 Å². The Morgan fingerprint density at radius 1 is 1.14 bits per heavy atom. The van der Waals surface area contributed by atoms with Crippen LogP contribution in [0.5, 0.6) is 5.75 Å². The molecule has 28 heavy (non-hydrogen) atoms. The predicted octanol–water partition coefficient (Wildman–Crippen LogP) is 1.86. The average Bonchev–Trinajstić information content (AvgIpc) is 3.34. The Morgan fingerprint density at radius 3 is 2.54 bits per heavy atom. The zero-order valence-corrected chi connectivity index (χ0v) is 15.5. The van der Waals surface area contributed by atoms with Crippen LogP contribution in [0.4, 0.5) is 5.82 Å². The van der Waals surface area contributed by atoms with Gasteiger partial charge in [0.1, 0.15) is 23.3 Å². The van der Waals surface area contributed by atoms with Crippen molar-refractivity contribution >= 4 is 17.6 Å². The van der Waals surface area contributed by atoms with E-state index >= 15 is 0 Å². The lowest BCUT2D eigenvalue weighted by Gasteiger charge is -2.14. The summed E-state index contributed by atoms with van der Waals surface area (Å²) in [4.78, 5) is 32.2. The molecule has 0 spiro atoms. The van der Waals surface area contributed by atoms with Gasteiger partial charge in [-0.25, -0.2) is 9.97 Å². The number of hydrogen-bond donors (Lipinski definition) is 3. The molecule has 8 heteroatoms. The van der Waals surface area contributed by atoms with Crippen molar-refractivity contribution in [3.05, 3.63) is 36.0 Å². The van der Waals surface area contributed by atoms with Crippen LogP contribution in [0.1, 0.15) is 42.6 Å². The molecule has 1 saturated heterocycles. The molecule has 0 radical (unpaired) electrons. The van der Waals surface area contributed by atoms with Crippen molar-refractivity contribution in [1.29, 1.82) is 0 Å². The number of amides is 2. The van der Waals surface area contributed by atoms with E-state index in [-0.39, 0.29) is 23.7 Å². The van der Waals surface area contributed by atoms with E-state index in [2.05, 4.69) is 20.6 Å². The number of primary amides is 1. The molecular formula is C20H23N5O3. The summed E-state index contributed by atoms with van der Waals surface area (Å²) in [6.07, 6.45) is 5.55. The fourth-order valence-electron chi connectivity index (χ4n) is 3.57. The minimum Gasteiger partial charge on any atom is -0.490 e. The van der Waals surface area contributed by atoms with E-state index < -0.39 is 5.91 Å². The van der Waals surface area contributed by atoms with E-state index in [0.717, 1.165) is 24.2 Å². The molecule has 8 nitrogen and oxygen atoms in total. The van der Waals surface area contributed by atoms with Crippen LogP contribution in [0.3, 0.4) is 0 Å². The van der Waals surface area contributed by atoms with E-state index in [1.807, 2.05) is 24.3 Å². The van der Waals surface area contributed by atoms with Gasteiger partial charge < -0.3 is 21.1 Å². The van der Waals surface area contributed by atoms with Crippen LogP contribution in [0.15, 0.2) is 30.3 Å². The van der Waals surface area contributed by atoms with E-state index in [0.29, 0.717) is 24.6 Å². The largest absolute Gasteiger partial charge is 0.490 e. The summed E-state index contributed by atoms with van der Waals surface area (Å²) in [5, 5.41) is 5.82. The van der Waals surface area contributed by atoms with Gasteiger partial charge in [0.2, 0.25) is 5.91 Å².